The van der Waals surface area contributed by atoms with Crippen molar-refractivity contribution in [3.8, 4) is 0 Å². The van der Waals surface area contributed by atoms with Crippen molar-refractivity contribution in [3.05, 3.63) is 35.9 Å². The summed E-state index contributed by atoms with van der Waals surface area (Å²) in [5, 5.41) is 0. The maximum Gasteiger partial charge on any atom is 0.0141 e. The molecular formula is C11H13I. The molecule has 1 fully saturated rings. The van der Waals surface area contributed by atoms with Crippen LogP contribution in [0.25, 0.3) is 0 Å². The van der Waals surface area contributed by atoms with Crippen molar-refractivity contribution in [2.75, 3.05) is 0 Å². The molecule has 64 valence electrons. The summed E-state index contributed by atoms with van der Waals surface area (Å²) in [7, 11) is 0. The normalized spacial score (nSPS) is 27.1. The van der Waals surface area contributed by atoms with Crippen LogP contribution in [0.4, 0.5) is 0 Å². The van der Waals surface area contributed by atoms with E-state index in [1.807, 2.05) is 0 Å². The van der Waals surface area contributed by atoms with Crippen LogP contribution in [-0.2, 0) is 6.42 Å². The van der Waals surface area contributed by atoms with Crippen LogP contribution in [0.2, 0.25) is 0 Å². The average molecular weight is 272 g/mol. The maximum absolute atomic E-state index is 2.56. The van der Waals surface area contributed by atoms with Gasteiger partial charge < -0.3 is 0 Å². The molecule has 1 aliphatic rings. The summed E-state index contributed by atoms with van der Waals surface area (Å²) in [4.78, 5) is 0. The molecular weight excluding hydrogens is 259 g/mol. The largest absolute Gasteiger partial charge is 0.0823 e. The van der Waals surface area contributed by atoms with E-state index in [9.17, 15) is 0 Å². The lowest BCUT2D eigenvalue weighted by Gasteiger charge is -1.98. The van der Waals surface area contributed by atoms with E-state index < -0.39 is 0 Å². The number of aryl methyl sites for hydroxylation is 1. The fourth-order valence-corrected chi connectivity index (χ4v) is 2.52. The van der Waals surface area contributed by atoms with Crippen LogP contribution in [0.5, 0.6) is 0 Å². The molecule has 0 radical (unpaired) electrons. The molecule has 0 unspecified atom stereocenters. The summed E-state index contributed by atoms with van der Waals surface area (Å²) in [5.41, 5.74) is 1.49. The van der Waals surface area contributed by atoms with E-state index in [0.717, 1.165) is 9.84 Å². The zero-order chi connectivity index (χ0) is 8.39. The fraction of sp³-hybridized carbons (Fsp3) is 0.455. The summed E-state index contributed by atoms with van der Waals surface area (Å²) in [6.45, 7) is 0. The van der Waals surface area contributed by atoms with Crippen LogP contribution in [0.15, 0.2) is 30.3 Å². The lowest BCUT2D eigenvalue weighted by molar-refractivity contribution is 0.733. The molecule has 0 heterocycles. The minimum atomic E-state index is 0.978. The van der Waals surface area contributed by atoms with Crippen LogP contribution in [0.1, 0.15) is 18.4 Å². The molecule has 0 aliphatic heterocycles. The van der Waals surface area contributed by atoms with Crippen molar-refractivity contribution in [2.24, 2.45) is 5.92 Å². The van der Waals surface area contributed by atoms with Gasteiger partial charge in [0, 0.05) is 3.92 Å². The number of rotatable bonds is 3. The van der Waals surface area contributed by atoms with Crippen LogP contribution >= 0.6 is 22.6 Å². The summed E-state index contributed by atoms with van der Waals surface area (Å²) < 4.78 is 0.978. The zero-order valence-corrected chi connectivity index (χ0v) is 9.20. The van der Waals surface area contributed by atoms with Gasteiger partial charge in [-0.15, -0.1) is 0 Å². The Kier molecular flexibility index (Phi) is 2.69. The van der Waals surface area contributed by atoms with Crippen LogP contribution in [0.3, 0.4) is 0 Å². The first-order valence-electron chi connectivity index (χ1n) is 4.54. The summed E-state index contributed by atoms with van der Waals surface area (Å²) in [5.74, 6) is 1.02. The van der Waals surface area contributed by atoms with Crippen LogP contribution in [0, 0.1) is 5.92 Å². The van der Waals surface area contributed by atoms with Gasteiger partial charge in [0.05, 0.1) is 0 Å². The number of hydrogen-bond acceptors (Lipinski definition) is 0. The van der Waals surface area contributed by atoms with Gasteiger partial charge in [0.15, 0.2) is 0 Å². The van der Waals surface area contributed by atoms with E-state index in [-0.39, 0.29) is 0 Å². The predicted octanol–water partition coefficient (Wildman–Crippen LogP) is 3.44. The SMILES string of the molecule is I[C@@H]1C[C@H]1CCc1ccccc1. The molecule has 0 aromatic heterocycles. The van der Waals surface area contributed by atoms with Crippen LogP contribution in [-0.4, -0.2) is 3.92 Å². The Morgan fingerprint density at radius 3 is 2.50 bits per heavy atom. The summed E-state index contributed by atoms with van der Waals surface area (Å²) >= 11 is 2.56. The Morgan fingerprint density at radius 1 is 1.25 bits per heavy atom. The third kappa shape index (κ3) is 2.22. The van der Waals surface area contributed by atoms with E-state index in [2.05, 4.69) is 52.9 Å². The molecule has 0 N–H and O–H groups in total. The summed E-state index contributed by atoms with van der Waals surface area (Å²) in [6, 6.07) is 10.8. The van der Waals surface area contributed by atoms with E-state index in [0.29, 0.717) is 0 Å². The number of hydrogen-bond donors (Lipinski definition) is 0. The Hall–Kier alpha value is -0.0500. The van der Waals surface area contributed by atoms with Crippen molar-refractivity contribution >= 4 is 22.6 Å². The van der Waals surface area contributed by atoms with Gasteiger partial charge in [-0.3, -0.25) is 0 Å². The van der Waals surface area contributed by atoms with E-state index in [1.165, 1.54) is 24.8 Å². The lowest BCUT2D eigenvalue weighted by atomic mass is 10.1. The van der Waals surface area contributed by atoms with Crippen LogP contribution < -0.4 is 0 Å². The zero-order valence-electron chi connectivity index (χ0n) is 7.04. The van der Waals surface area contributed by atoms with Gasteiger partial charge in [-0.1, -0.05) is 52.9 Å². The quantitative estimate of drug-likeness (QED) is 0.584. The highest BCUT2D eigenvalue weighted by Crippen LogP contribution is 2.41. The smallest absolute Gasteiger partial charge is 0.0141 e. The second-order valence-corrected chi connectivity index (χ2v) is 5.14. The Labute approximate surface area is 87.5 Å². The molecule has 1 saturated carbocycles. The molecule has 1 aromatic carbocycles. The molecule has 0 bridgehead atoms. The van der Waals surface area contributed by atoms with Gasteiger partial charge in [-0.2, -0.15) is 0 Å². The molecule has 1 aliphatic carbocycles. The molecule has 0 saturated heterocycles. The van der Waals surface area contributed by atoms with Gasteiger partial charge in [0.2, 0.25) is 0 Å². The third-order valence-electron chi connectivity index (χ3n) is 2.48. The lowest BCUT2D eigenvalue weighted by Crippen LogP contribution is -1.87. The maximum atomic E-state index is 2.56. The molecule has 0 nitrogen and oxygen atoms in total. The first-order chi connectivity index (χ1) is 5.86. The molecule has 1 heteroatoms. The molecule has 2 rings (SSSR count). The minimum absolute atomic E-state index is 0.978. The number of alkyl halides is 1. The molecule has 12 heavy (non-hydrogen) atoms. The Bertz CT molecular complexity index is 242. The van der Waals surface area contributed by atoms with Gasteiger partial charge in [-0.25, -0.2) is 0 Å². The minimum Gasteiger partial charge on any atom is -0.0823 e. The first-order valence-corrected chi connectivity index (χ1v) is 5.79. The molecule has 2 atom stereocenters. The van der Waals surface area contributed by atoms with Crippen molar-refractivity contribution in [2.45, 2.75) is 23.2 Å². The monoisotopic (exact) mass is 272 g/mol. The van der Waals surface area contributed by atoms with Crippen molar-refractivity contribution < 1.29 is 0 Å². The molecule has 0 amide bonds. The Morgan fingerprint density at radius 2 is 1.92 bits per heavy atom. The Balaban J connectivity index is 1.80. The first kappa shape index (κ1) is 8.54. The van der Waals surface area contributed by atoms with Crippen molar-refractivity contribution in [1.82, 2.24) is 0 Å². The van der Waals surface area contributed by atoms with Crippen molar-refractivity contribution in [1.29, 1.82) is 0 Å². The highest BCUT2D eigenvalue weighted by molar-refractivity contribution is 14.1. The second kappa shape index (κ2) is 3.77. The standard InChI is InChI=1S/C11H13I/c12-11-8-10(11)7-6-9-4-2-1-3-5-9/h1-5,10-11H,6-8H2/t10-,11-/m1/s1. The average Bonchev–Trinajstić information content (AvgIpc) is 2.81. The number of halogens is 1. The molecule has 1 aromatic rings. The second-order valence-electron chi connectivity index (χ2n) is 3.54. The fourth-order valence-electron chi connectivity index (χ4n) is 1.51. The highest BCUT2D eigenvalue weighted by atomic mass is 127. The van der Waals surface area contributed by atoms with E-state index in [1.54, 1.807) is 0 Å². The van der Waals surface area contributed by atoms with Gasteiger partial charge in [-0.05, 0) is 30.7 Å². The van der Waals surface area contributed by atoms with Crippen molar-refractivity contribution in [3.63, 3.8) is 0 Å². The molecule has 0 spiro atoms. The van der Waals surface area contributed by atoms with E-state index >= 15 is 0 Å². The summed E-state index contributed by atoms with van der Waals surface area (Å²) in [6.07, 6.45) is 4.11. The third-order valence-corrected chi connectivity index (χ3v) is 4.01. The predicted molar refractivity (Wildman–Crippen MR) is 60.7 cm³/mol. The highest BCUT2D eigenvalue weighted by Gasteiger charge is 2.33. The van der Waals surface area contributed by atoms with Gasteiger partial charge >= 0.3 is 0 Å². The van der Waals surface area contributed by atoms with Gasteiger partial charge in [0.25, 0.3) is 0 Å². The topological polar surface area (TPSA) is 0 Å². The van der Waals surface area contributed by atoms with E-state index in [4.69, 9.17) is 0 Å². The van der Waals surface area contributed by atoms with Gasteiger partial charge in [0.1, 0.15) is 0 Å². The number of benzene rings is 1.